The van der Waals surface area contributed by atoms with E-state index < -0.39 is 49.5 Å². The van der Waals surface area contributed by atoms with Crippen LogP contribution < -0.4 is 5.32 Å². The molecule has 7 unspecified atom stereocenters. The SMILES string of the molecule is CCCCCCCCCC/C=C/CC/C=C/CC/C=C/C(O)C(COC1OC(CO)C(O)C(O)C1O)NC(=O)CCCCCCCCCCCCCCCCCCCCCCCCCCCCCCCCCC. The first kappa shape index (κ1) is 69.4. The minimum absolute atomic E-state index is 0.185. The molecule has 7 atom stereocenters. The number of carbonyl (C=O) groups excluding carboxylic acids is 1. The topological polar surface area (TPSA) is 149 Å². The third kappa shape index (κ3) is 43.1. The first-order valence-electron chi connectivity index (χ1n) is 31.7. The van der Waals surface area contributed by atoms with Crippen LogP contribution in [0, 0.1) is 0 Å². The Kier molecular flexibility index (Phi) is 51.2. The van der Waals surface area contributed by atoms with Crippen LogP contribution in [0.1, 0.15) is 309 Å². The maximum atomic E-state index is 13.1. The summed E-state index contributed by atoms with van der Waals surface area (Å²) < 4.78 is 11.3. The van der Waals surface area contributed by atoms with Gasteiger partial charge in [0.25, 0.3) is 0 Å². The molecule has 0 aromatic rings. The zero-order valence-electron chi connectivity index (χ0n) is 47.9. The maximum Gasteiger partial charge on any atom is 0.220 e. The second kappa shape index (κ2) is 53.8. The smallest absolute Gasteiger partial charge is 0.220 e. The van der Waals surface area contributed by atoms with E-state index in [1.807, 2.05) is 6.08 Å². The molecule has 1 fully saturated rings. The second-order valence-corrected chi connectivity index (χ2v) is 22.2. The second-order valence-electron chi connectivity index (χ2n) is 22.2. The number of hydrogen-bond acceptors (Lipinski definition) is 8. The Morgan fingerprint density at radius 1 is 0.452 bits per heavy atom. The summed E-state index contributed by atoms with van der Waals surface area (Å²) in [6.45, 7) is 3.79. The van der Waals surface area contributed by atoms with Gasteiger partial charge in [0.15, 0.2) is 6.29 Å². The molecule has 73 heavy (non-hydrogen) atoms. The number of hydrogen-bond donors (Lipinski definition) is 6. The molecule has 0 radical (unpaired) electrons. The number of ether oxygens (including phenoxy) is 2. The molecule has 9 heteroatoms. The summed E-state index contributed by atoms with van der Waals surface area (Å²) in [5, 5.41) is 54.5. The van der Waals surface area contributed by atoms with Gasteiger partial charge >= 0.3 is 0 Å². The van der Waals surface area contributed by atoms with Crippen LogP contribution in [0.15, 0.2) is 36.5 Å². The fourth-order valence-electron chi connectivity index (χ4n) is 10.2. The van der Waals surface area contributed by atoms with Gasteiger partial charge in [-0.2, -0.15) is 0 Å². The van der Waals surface area contributed by atoms with Crippen molar-refractivity contribution < 1.29 is 39.8 Å². The number of aliphatic hydroxyl groups is 5. The molecule has 0 aliphatic carbocycles. The zero-order chi connectivity index (χ0) is 52.9. The van der Waals surface area contributed by atoms with Crippen LogP contribution in [-0.2, 0) is 14.3 Å². The standard InChI is InChI=1S/C64H121NO8/c1-3-5-7-9-11-13-15-17-19-21-23-24-25-26-27-28-29-30-31-32-33-34-35-36-38-40-42-44-46-48-50-52-54-60(68)65-57(56-72-64-63(71)62(70)61(69)59(55-66)73-64)58(67)53-51-49-47-45-43-41-39-37-22-20-18-16-14-12-10-8-6-4-2/h22,37,43,45,51,53,57-59,61-64,66-67,69-71H,3-21,23-36,38-42,44,46-50,52,54-56H2,1-2H3,(H,65,68)/b37-22+,45-43+,53-51+. The number of carbonyl (C=O) groups is 1. The number of amides is 1. The minimum Gasteiger partial charge on any atom is -0.394 e. The molecule has 430 valence electrons. The summed E-state index contributed by atoms with van der Waals surface area (Å²) in [6, 6.07) is -0.826. The number of rotatable bonds is 55. The van der Waals surface area contributed by atoms with Gasteiger partial charge in [-0.05, 0) is 44.9 Å². The Morgan fingerprint density at radius 2 is 0.781 bits per heavy atom. The van der Waals surface area contributed by atoms with E-state index in [2.05, 4.69) is 43.5 Å². The third-order valence-electron chi connectivity index (χ3n) is 15.2. The average Bonchev–Trinajstić information content (AvgIpc) is 3.39. The van der Waals surface area contributed by atoms with Crippen LogP contribution in [0.25, 0.3) is 0 Å². The Morgan fingerprint density at radius 3 is 1.15 bits per heavy atom. The van der Waals surface area contributed by atoms with Crippen molar-refractivity contribution >= 4 is 5.91 Å². The summed E-state index contributed by atoms with van der Waals surface area (Å²) in [5.74, 6) is -0.185. The first-order chi connectivity index (χ1) is 35.8. The number of unbranched alkanes of at least 4 members (excludes halogenated alkanes) is 41. The Labute approximate surface area is 451 Å². The van der Waals surface area contributed by atoms with Gasteiger partial charge < -0.3 is 40.3 Å². The van der Waals surface area contributed by atoms with Gasteiger partial charge in [0, 0.05) is 6.42 Å². The van der Waals surface area contributed by atoms with Crippen molar-refractivity contribution in [1.82, 2.24) is 5.32 Å². The van der Waals surface area contributed by atoms with Gasteiger partial charge in [-0.15, -0.1) is 0 Å². The molecule has 1 heterocycles. The van der Waals surface area contributed by atoms with Crippen LogP contribution in [0.5, 0.6) is 0 Å². The van der Waals surface area contributed by atoms with E-state index in [1.165, 1.54) is 244 Å². The highest BCUT2D eigenvalue weighted by atomic mass is 16.7. The third-order valence-corrected chi connectivity index (χ3v) is 15.2. The maximum absolute atomic E-state index is 13.1. The molecule has 1 amide bonds. The van der Waals surface area contributed by atoms with E-state index in [4.69, 9.17) is 9.47 Å². The normalized spacial score (nSPS) is 19.2. The Hall–Kier alpha value is -1.59. The number of allylic oxidation sites excluding steroid dienone is 5. The molecule has 0 aromatic heterocycles. The fourth-order valence-corrected chi connectivity index (χ4v) is 10.2. The van der Waals surface area contributed by atoms with Gasteiger partial charge in [0.2, 0.25) is 5.91 Å². The van der Waals surface area contributed by atoms with Crippen molar-refractivity contribution in [1.29, 1.82) is 0 Å². The zero-order valence-corrected chi connectivity index (χ0v) is 47.9. The van der Waals surface area contributed by atoms with Gasteiger partial charge in [-0.3, -0.25) is 4.79 Å². The lowest BCUT2D eigenvalue weighted by atomic mass is 9.99. The van der Waals surface area contributed by atoms with Crippen LogP contribution >= 0.6 is 0 Å². The summed E-state index contributed by atoms with van der Waals surface area (Å²) >= 11 is 0. The molecule has 6 N–H and O–H groups in total. The summed E-state index contributed by atoms with van der Waals surface area (Å²) in [5.41, 5.74) is 0. The van der Waals surface area contributed by atoms with E-state index in [0.29, 0.717) is 6.42 Å². The van der Waals surface area contributed by atoms with E-state index in [1.54, 1.807) is 6.08 Å². The quantitative estimate of drug-likeness (QED) is 0.0261. The highest BCUT2D eigenvalue weighted by Gasteiger charge is 2.44. The fraction of sp³-hybridized carbons (Fsp3) is 0.891. The predicted molar refractivity (Wildman–Crippen MR) is 309 cm³/mol. The molecule has 0 saturated carbocycles. The molecular weight excluding hydrogens is 911 g/mol. The highest BCUT2D eigenvalue weighted by Crippen LogP contribution is 2.23. The molecule has 1 saturated heterocycles. The van der Waals surface area contributed by atoms with Crippen molar-refractivity contribution in [2.75, 3.05) is 13.2 Å². The van der Waals surface area contributed by atoms with Gasteiger partial charge in [-0.25, -0.2) is 0 Å². The van der Waals surface area contributed by atoms with Crippen LogP contribution in [0.2, 0.25) is 0 Å². The van der Waals surface area contributed by atoms with E-state index in [-0.39, 0.29) is 12.5 Å². The molecule has 1 aliphatic heterocycles. The van der Waals surface area contributed by atoms with Gasteiger partial charge in [-0.1, -0.05) is 294 Å². The Bertz CT molecular complexity index is 1240. The van der Waals surface area contributed by atoms with Crippen molar-refractivity contribution in [3.63, 3.8) is 0 Å². The van der Waals surface area contributed by atoms with Crippen molar-refractivity contribution in [3.8, 4) is 0 Å². The van der Waals surface area contributed by atoms with Crippen LogP contribution in [0.4, 0.5) is 0 Å². The lowest BCUT2D eigenvalue weighted by Gasteiger charge is -2.40. The molecule has 0 spiro atoms. The first-order valence-corrected chi connectivity index (χ1v) is 31.7. The molecule has 1 aliphatic rings. The Balaban J connectivity index is 2.14. The lowest BCUT2D eigenvalue weighted by molar-refractivity contribution is -0.302. The largest absolute Gasteiger partial charge is 0.394 e. The van der Waals surface area contributed by atoms with Crippen molar-refractivity contribution in [2.24, 2.45) is 0 Å². The summed E-state index contributed by atoms with van der Waals surface area (Å²) in [4.78, 5) is 13.1. The number of nitrogens with one attached hydrogen (secondary N) is 1. The molecule has 0 aromatic carbocycles. The summed E-state index contributed by atoms with van der Waals surface area (Å²) in [6.07, 6.45) is 63.9. The van der Waals surface area contributed by atoms with E-state index in [9.17, 15) is 30.3 Å². The molecule has 0 bridgehead atoms. The lowest BCUT2D eigenvalue weighted by Crippen LogP contribution is -2.60. The van der Waals surface area contributed by atoms with Crippen molar-refractivity contribution in [3.05, 3.63) is 36.5 Å². The summed E-state index contributed by atoms with van der Waals surface area (Å²) in [7, 11) is 0. The monoisotopic (exact) mass is 1030 g/mol. The van der Waals surface area contributed by atoms with Crippen LogP contribution in [0.3, 0.4) is 0 Å². The molecular formula is C64H121NO8. The van der Waals surface area contributed by atoms with Crippen LogP contribution in [-0.4, -0.2) is 87.5 Å². The average molecular weight is 1030 g/mol. The van der Waals surface area contributed by atoms with Crippen molar-refractivity contribution in [2.45, 2.75) is 352 Å². The molecule has 9 nitrogen and oxygen atoms in total. The predicted octanol–water partition coefficient (Wildman–Crippen LogP) is 16.3. The van der Waals surface area contributed by atoms with Gasteiger partial charge in [0.05, 0.1) is 25.4 Å². The molecule has 1 rings (SSSR count). The minimum atomic E-state index is -1.57. The van der Waals surface area contributed by atoms with E-state index in [0.717, 1.165) is 44.9 Å². The number of aliphatic hydroxyl groups excluding tert-OH is 5. The highest BCUT2D eigenvalue weighted by molar-refractivity contribution is 5.76. The van der Waals surface area contributed by atoms with E-state index >= 15 is 0 Å². The van der Waals surface area contributed by atoms with Gasteiger partial charge in [0.1, 0.15) is 24.4 Å².